The van der Waals surface area contributed by atoms with E-state index in [1.165, 1.54) is 19.2 Å². The molecule has 0 aliphatic carbocycles. The number of carbonyl (C=O) groups excluding carboxylic acids is 2. The van der Waals surface area contributed by atoms with Crippen molar-refractivity contribution in [1.82, 2.24) is 9.88 Å². The van der Waals surface area contributed by atoms with Crippen LogP contribution in [0.3, 0.4) is 0 Å². The molecular weight excluding hydrogens is 347 g/mol. The Hall–Kier alpha value is -3.15. The zero-order chi connectivity index (χ0) is 19.0. The number of carbonyl (C=O) groups is 2. The van der Waals surface area contributed by atoms with Gasteiger partial charge >= 0.3 is 5.97 Å². The second-order valence-corrected chi connectivity index (χ2v) is 6.67. The van der Waals surface area contributed by atoms with Gasteiger partial charge in [-0.15, -0.1) is 0 Å². The van der Waals surface area contributed by atoms with E-state index >= 15 is 0 Å². The lowest BCUT2D eigenvalue weighted by Crippen LogP contribution is -2.36. The van der Waals surface area contributed by atoms with Crippen LogP contribution >= 0.6 is 0 Å². The maximum Gasteiger partial charge on any atom is 0.339 e. The summed E-state index contributed by atoms with van der Waals surface area (Å²) in [6.45, 7) is 1.05. The SMILES string of the molecule is COC(=O)c1cccc2c3c([nH]c12)CCN(C(=O)Cc1cccc(F)c1)C3. The Morgan fingerprint density at radius 3 is 2.81 bits per heavy atom. The number of aromatic amines is 1. The molecule has 0 saturated heterocycles. The Morgan fingerprint density at radius 1 is 1.22 bits per heavy atom. The van der Waals surface area contributed by atoms with Crippen LogP contribution in [0.2, 0.25) is 0 Å². The average Bonchev–Trinajstić information content (AvgIpc) is 3.05. The molecule has 138 valence electrons. The molecule has 0 spiro atoms. The first kappa shape index (κ1) is 17.3. The molecule has 1 amide bonds. The van der Waals surface area contributed by atoms with Gasteiger partial charge in [0.15, 0.2) is 0 Å². The number of fused-ring (bicyclic) bond motifs is 3. The zero-order valence-electron chi connectivity index (χ0n) is 14.9. The monoisotopic (exact) mass is 366 g/mol. The number of hydrogen-bond acceptors (Lipinski definition) is 3. The van der Waals surface area contributed by atoms with E-state index in [9.17, 15) is 14.0 Å². The van der Waals surface area contributed by atoms with Crippen LogP contribution in [0, 0.1) is 5.82 Å². The highest BCUT2D eigenvalue weighted by Gasteiger charge is 2.25. The number of amides is 1. The van der Waals surface area contributed by atoms with Crippen molar-refractivity contribution in [3.05, 3.63) is 70.7 Å². The van der Waals surface area contributed by atoms with Gasteiger partial charge in [-0.2, -0.15) is 0 Å². The summed E-state index contributed by atoms with van der Waals surface area (Å²) in [6, 6.07) is 11.6. The van der Waals surface area contributed by atoms with Crippen LogP contribution in [0.15, 0.2) is 42.5 Å². The second kappa shape index (κ2) is 6.87. The van der Waals surface area contributed by atoms with Crippen molar-refractivity contribution in [3.8, 4) is 0 Å². The fourth-order valence-corrected chi connectivity index (χ4v) is 3.66. The number of esters is 1. The van der Waals surface area contributed by atoms with Crippen molar-refractivity contribution in [2.24, 2.45) is 0 Å². The maximum absolute atomic E-state index is 13.4. The van der Waals surface area contributed by atoms with Gasteiger partial charge in [0, 0.05) is 36.2 Å². The van der Waals surface area contributed by atoms with Gasteiger partial charge in [-0.1, -0.05) is 24.3 Å². The quantitative estimate of drug-likeness (QED) is 0.724. The number of ether oxygens (including phenoxy) is 1. The first-order chi connectivity index (χ1) is 13.1. The third-order valence-electron chi connectivity index (χ3n) is 5.01. The zero-order valence-corrected chi connectivity index (χ0v) is 14.9. The smallest absolute Gasteiger partial charge is 0.339 e. The molecule has 1 aliphatic heterocycles. The molecule has 1 N–H and O–H groups in total. The van der Waals surface area contributed by atoms with Gasteiger partial charge in [0.1, 0.15) is 5.82 Å². The molecule has 0 fully saturated rings. The number of H-pyrrole nitrogens is 1. The van der Waals surface area contributed by atoms with Crippen molar-refractivity contribution in [3.63, 3.8) is 0 Å². The molecule has 4 rings (SSSR count). The third-order valence-corrected chi connectivity index (χ3v) is 5.01. The van der Waals surface area contributed by atoms with Gasteiger partial charge in [0.25, 0.3) is 0 Å². The molecule has 5 nitrogen and oxygen atoms in total. The highest BCUT2D eigenvalue weighted by molar-refractivity contribution is 6.04. The van der Waals surface area contributed by atoms with E-state index < -0.39 is 5.97 Å². The molecule has 0 bridgehead atoms. The molecule has 0 unspecified atom stereocenters. The molecule has 6 heteroatoms. The molecule has 1 aliphatic rings. The number of aromatic nitrogens is 1. The highest BCUT2D eigenvalue weighted by atomic mass is 19.1. The van der Waals surface area contributed by atoms with Gasteiger partial charge in [0.05, 0.1) is 24.6 Å². The Labute approximate surface area is 155 Å². The van der Waals surface area contributed by atoms with Crippen LogP contribution in [-0.4, -0.2) is 35.4 Å². The average molecular weight is 366 g/mol. The molecule has 2 heterocycles. The Kier molecular flexibility index (Phi) is 4.39. The predicted octanol–water partition coefficient (Wildman–Crippen LogP) is 3.22. The van der Waals surface area contributed by atoms with Crippen molar-refractivity contribution < 1.29 is 18.7 Å². The van der Waals surface area contributed by atoms with Crippen LogP contribution in [0.25, 0.3) is 10.9 Å². The number of benzene rings is 2. The number of nitrogens with zero attached hydrogens (tertiary/aromatic N) is 1. The minimum atomic E-state index is -0.391. The number of nitrogens with one attached hydrogen (secondary N) is 1. The lowest BCUT2D eigenvalue weighted by atomic mass is 10.0. The van der Waals surface area contributed by atoms with Gasteiger partial charge < -0.3 is 14.6 Å². The van der Waals surface area contributed by atoms with Crippen molar-refractivity contribution in [2.75, 3.05) is 13.7 Å². The fraction of sp³-hybridized carbons (Fsp3) is 0.238. The highest BCUT2D eigenvalue weighted by Crippen LogP contribution is 2.30. The summed E-state index contributed by atoms with van der Waals surface area (Å²) in [5.41, 5.74) is 3.96. The minimum Gasteiger partial charge on any atom is -0.465 e. The molecule has 2 aromatic carbocycles. The second-order valence-electron chi connectivity index (χ2n) is 6.67. The lowest BCUT2D eigenvalue weighted by molar-refractivity contribution is -0.131. The summed E-state index contributed by atoms with van der Waals surface area (Å²) in [5.74, 6) is -0.767. The van der Waals surface area contributed by atoms with E-state index in [1.807, 2.05) is 12.1 Å². The minimum absolute atomic E-state index is 0.0373. The molecule has 0 saturated carbocycles. The molecule has 27 heavy (non-hydrogen) atoms. The van der Waals surface area contributed by atoms with E-state index in [0.29, 0.717) is 30.6 Å². The number of hydrogen-bond donors (Lipinski definition) is 1. The van der Waals surface area contributed by atoms with Crippen LogP contribution in [0.4, 0.5) is 4.39 Å². The van der Waals surface area contributed by atoms with Crippen LogP contribution in [0.1, 0.15) is 27.2 Å². The molecule has 3 aromatic rings. The number of halogens is 1. The van der Waals surface area contributed by atoms with Gasteiger partial charge in [-0.05, 0) is 23.8 Å². The van der Waals surface area contributed by atoms with E-state index in [2.05, 4.69) is 4.98 Å². The first-order valence-electron chi connectivity index (χ1n) is 8.80. The van der Waals surface area contributed by atoms with E-state index in [1.54, 1.807) is 23.1 Å². The molecular formula is C21H19FN2O3. The summed E-state index contributed by atoms with van der Waals surface area (Å²) >= 11 is 0. The van der Waals surface area contributed by atoms with Gasteiger partial charge in [-0.3, -0.25) is 4.79 Å². The normalized spacial score (nSPS) is 13.5. The predicted molar refractivity (Wildman–Crippen MR) is 98.9 cm³/mol. The van der Waals surface area contributed by atoms with Gasteiger partial charge in [0.2, 0.25) is 5.91 Å². The Morgan fingerprint density at radius 2 is 2.04 bits per heavy atom. The Balaban J connectivity index is 1.61. The lowest BCUT2D eigenvalue weighted by Gasteiger charge is -2.27. The standard InChI is InChI=1S/C21H19FN2O3/c1-27-21(26)16-7-3-6-15-17-12-24(9-8-18(17)23-20(15)16)19(25)11-13-4-2-5-14(22)10-13/h2-7,10,23H,8-9,11-12H2,1H3. The number of para-hydroxylation sites is 1. The first-order valence-corrected chi connectivity index (χ1v) is 8.80. The summed E-state index contributed by atoms with van der Waals surface area (Å²) < 4.78 is 18.2. The van der Waals surface area contributed by atoms with Crippen molar-refractivity contribution >= 4 is 22.8 Å². The summed E-state index contributed by atoms with van der Waals surface area (Å²) in [6.07, 6.45) is 0.850. The summed E-state index contributed by atoms with van der Waals surface area (Å²) in [7, 11) is 1.36. The summed E-state index contributed by atoms with van der Waals surface area (Å²) in [5, 5.41) is 0.927. The van der Waals surface area contributed by atoms with Crippen molar-refractivity contribution in [1.29, 1.82) is 0 Å². The van der Waals surface area contributed by atoms with Crippen LogP contribution < -0.4 is 0 Å². The largest absolute Gasteiger partial charge is 0.465 e. The topological polar surface area (TPSA) is 62.4 Å². The third kappa shape index (κ3) is 3.18. The molecule has 0 atom stereocenters. The maximum atomic E-state index is 13.4. The summed E-state index contributed by atoms with van der Waals surface area (Å²) in [4.78, 5) is 29.8. The molecule has 1 aromatic heterocycles. The van der Waals surface area contributed by atoms with Gasteiger partial charge in [-0.25, -0.2) is 9.18 Å². The molecule has 0 radical (unpaired) electrons. The number of methoxy groups -OCH3 is 1. The van der Waals surface area contributed by atoms with E-state index in [4.69, 9.17) is 4.74 Å². The van der Waals surface area contributed by atoms with E-state index in [0.717, 1.165) is 22.2 Å². The number of rotatable bonds is 3. The fourth-order valence-electron chi connectivity index (χ4n) is 3.66. The Bertz CT molecular complexity index is 1040. The van der Waals surface area contributed by atoms with Crippen LogP contribution in [-0.2, 0) is 28.9 Å². The van der Waals surface area contributed by atoms with Crippen LogP contribution in [0.5, 0.6) is 0 Å². The van der Waals surface area contributed by atoms with E-state index in [-0.39, 0.29) is 18.1 Å². The van der Waals surface area contributed by atoms with Crippen molar-refractivity contribution in [2.45, 2.75) is 19.4 Å².